The topological polar surface area (TPSA) is 72.9 Å². The van der Waals surface area contributed by atoms with E-state index < -0.39 is 5.97 Å². The maximum absolute atomic E-state index is 12.4. The summed E-state index contributed by atoms with van der Waals surface area (Å²) in [6.45, 7) is 2.74. The van der Waals surface area contributed by atoms with Gasteiger partial charge in [-0.15, -0.1) is 0 Å². The molecule has 2 aliphatic rings. The molecule has 1 atom stereocenters. The van der Waals surface area contributed by atoms with Gasteiger partial charge in [-0.25, -0.2) is 4.79 Å². The van der Waals surface area contributed by atoms with E-state index in [2.05, 4.69) is 32.2 Å². The minimum atomic E-state index is -0.755. The molecule has 3 rings (SSSR count). The summed E-state index contributed by atoms with van der Waals surface area (Å²) in [5.74, 6) is -1.07. The van der Waals surface area contributed by atoms with Gasteiger partial charge in [0.05, 0.1) is 11.6 Å². The van der Waals surface area contributed by atoms with Crippen molar-refractivity contribution < 1.29 is 14.7 Å². The Hall–Kier alpha value is -1.76. The number of hydrogen-bond acceptors (Lipinski definition) is 3. The van der Waals surface area contributed by atoms with Gasteiger partial charge in [-0.3, -0.25) is 4.79 Å². The molecule has 1 unspecified atom stereocenters. The molecule has 6 nitrogen and oxygen atoms in total. The van der Waals surface area contributed by atoms with E-state index >= 15 is 0 Å². The highest BCUT2D eigenvalue weighted by molar-refractivity contribution is 9.10. The first-order valence-electron chi connectivity index (χ1n) is 8.32. The number of likely N-dealkylation sites (tertiary alicyclic amines) is 1. The summed E-state index contributed by atoms with van der Waals surface area (Å²) in [5.41, 5.74) is 1.15. The lowest BCUT2D eigenvalue weighted by atomic mass is 9.97. The van der Waals surface area contributed by atoms with Gasteiger partial charge in [0.15, 0.2) is 0 Å². The molecule has 130 valence electrons. The average molecular weight is 396 g/mol. The van der Waals surface area contributed by atoms with Crippen LogP contribution in [-0.2, 0) is 4.79 Å². The van der Waals surface area contributed by atoms with Gasteiger partial charge in [0.1, 0.15) is 0 Å². The second kappa shape index (κ2) is 7.42. The van der Waals surface area contributed by atoms with E-state index in [9.17, 15) is 9.59 Å². The van der Waals surface area contributed by atoms with Crippen LogP contribution >= 0.6 is 15.9 Å². The van der Waals surface area contributed by atoms with Crippen molar-refractivity contribution in [2.24, 2.45) is 5.92 Å². The van der Waals surface area contributed by atoms with E-state index in [4.69, 9.17) is 5.11 Å². The van der Waals surface area contributed by atoms with Crippen LogP contribution in [0, 0.1) is 5.92 Å². The van der Waals surface area contributed by atoms with Gasteiger partial charge >= 0.3 is 12.0 Å². The number of anilines is 1. The maximum Gasteiger partial charge on any atom is 0.317 e. The number of rotatable bonds is 3. The zero-order valence-corrected chi connectivity index (χ0v) is 15.0. The highest BCUT2D eigenvalue weighted by Crippen LogP contribution is 2.28. The monoisotopic (exact) mass is 395 g/mol. The van der Waals surface area contributed by atoms with Crippen molar-refractivity contribution in [2.75, 3.05) is 31.1 Å². The smallest absolute Gasteiger partial charge is 0.317 e. The molecule has 0 radical (unpaired) electrons. The minimum Gasteiger partial charge on any atom is -0.481 e. The minimum absolute atomic E-state index is 0.0715. The quantitative estimate of drug-likeness (QED) is 0.824. The number of benzene rings is 1. The molecule has 1 aromatic carbocycles. The van der Waals surface area contributed by atoms with Crippen molar-refractivity contribution in [2.45, 2.75) is 25.3 Å². The predicted octanol–water partition coefficient (Wildman–Crippen LogP) is 2.53. The summed E-state index contributed by atoms with van der Waals surface area (Å²) in [4.78, 5) is 27.4. The van der Waals surface area contributed by atoms with Crippen molar-refractivity contribution in [1.82, 2.24) is 10.2 Å². The molecule has 2 amide bonds. The highest BCUT2D eigenvalue weighted by atomic mass is 79.9. The zero-order valence-electron chi connectivity index (χ0n) is 13.4. The Kier molecular flexibility index (Phi) is 5.28. The van der Waals surface area contributed by atoms with E-state index in [0.717, 1.165) is 29.7 Å². The molecular formula is C17H22BrN3O3. The number of carboxylic acid groups (broad SMARTS) is 1. The number of carboxylic acids is 1. The first-order valence-corrected chi connectivity index (χ1v) is 9.11. The van der Waals surface area contributed by atoms with Crippen molar-refractivity contribution in [3.05, 3.63) is 28.7 Å². The number of hydrogen-bond donors (Lipinski definition) is 2. The Morgan fingerprint density at radius 2 is 1.83 bits per heavy atom. The summed E-state index contributed by atoms with van der Waals surface area (Å²) in [6.07, 6.45) is 1.99. The van der Waals surface area contributed by atoms with Crippen molar-refractivity contribution in [1.29, 1.82) is 0 Å². The number of carbonyl (C=O) groups excluding carboxylic acids is 1. The van der Waals surface area contributed by atoms with Gasteiger partial charge in [0.25, 0.3) is 0 Å². The summed E-state index contributed by atoms with van der Waals surface area (Å²) in [5, 5.41) is 12.1. The molecule has 0 aliphatic carbocycles. The molecule has 0 saturated carbocycles. The van der Waals surface area contributed by atoms with Crippen molar-refractivity contribution in [3.63, 3.8) is 0 Å². The van der Waals surface area contributed by atoms with Crippen LogP contribution in [0.5, 0.6) is 0 Å². The number of nitrogens with zero attached hydrogens (tertiary/aromatic N) is 2. The Balaban J connectivity index is 1.50. The Morgan fingerprint density at radius 1 is 1.12 bits per heavy atom. The zero-order chi connectivity index (χ0) is 17.1. The molecule has 0 aromatic heterocycles. The van der Waals surface area contributed by atoms with Crippen molar-refractivity contribution in [3.8, 4) is 0 Å². The standard InChI is InChI=1S/C17H22BrN3O3/c18-14-3-1-2-4-15(14)21-10-7-13(11-21)19-17(24)20-8-5-12(6-9-20)16(22)23/h1-4,12-13H,5-11H2,(H,19,24)(H,22,23). The number of carbonyl (C=O) groups is 2. The lowest BCUT2D eigenvalue weighted by Gasteiger charge is -2.31. The third kappa shape index (κ3) is 3.83. The Bertz CT molecular complexity index is 617. The fraction of sp³-hybridized carbons (Fsp3) is 0.529. The Morgan fingerprint density at radius 3 is 2.50 bits per heavy atom. The molecule has 0 bridgehead atoms. The normalized spacial score (nSPS) is 21.8. The van der Waals surface area contributed by atoms with Gasteiger partial charge < -0.3 is 20.2 Å². The summed E-state index contributed by atoms with van der Waals surface area (Å²) in [7, 11) is 0. The summed E-state index contributed by atoms with van der Waals surface area (Å²) < 4.78 is 1.06. The Labute approximate surface area is 149 Å². The van der Waals surface area contributed by atoms with Gasteiger partial charge in [-0.2, -0.15) is 0 Å². The SMILES string of the molecule is O=C(O)C1CCN(C(=O)NC2CCN(c3ccccc3Br)C2)CC1. The first-order chi connectivity index (χ1) is 11.5. The molecule has 0 spiro atoms. The predicted molar refractivity (Wildman–Crippen MR) is 95.2 cm³/mol. The maximum atomic E-state index is 12.4. The van der Waals surface area contributed by atoms with Gasteiger partial charge in [0, 0.05) is 36.7 Å². The highest BCUT2D eigenvalue weighted by Gasteiger charge is 2.30. The third-order valence-electron chi connectivity index (χ3n) is 4.84. The molecule has 2 N–H and O–H groups in total. The van der Waals surface area contributed by atoms with Gasteiger partial charge in [-0.05, 0) is 47.3 Å². The van der Waals surface area contributed by atoms with E-state index in [1.807, 2.05) is 18.2 Å². The number of urea groups is 1. The molecule has 7 heteroatoms. The number of piperidine rings is 1. The molecule has 2 aliphatic heterocycles. The van der Waals surface area contributed by atoms with E-state index in [1.54, 1.807) is 4.90 Å². The molecule has 2 saturated heterocycles. The van der Waals surface area contributed by atoms with Gasteiger partial charge in [-0.1, -0.05) is 12.1 Å². The molecule has 2 heterocycles. The fourth-order valence-electron chi connectivity index (χ4n) is 3.40. The number of halogens is 1. The number of nitrogens with one attached hydrogen (secondary N) is 1. The summed E-state index contributed by atoms with van der Waals surface area (Å²) in [6, 6.07) is 8.15. The fourth-order valence-corrected chi connectivity index (χ4v) is 3.94. The number of aliphatic carboxylic acids is 1. The van der Waals surface area contributed by atoms with Crippen LogP contribution in [0.2, 0.25) is 0 Å². The lowest BCUT2D eigenvalue weighted by Crippen LogP contribution is -2.49. The molecule has 1 aromatic rings. The number of para-hydroxylation sites is 1. The number of amides is 2. The largest absolute Gasteiger partial charge is 0.481 e. The molecule has 2 fully saturated rings. The van der Waals surface area contributed by atoms with Gasteiger partial charge in [0.2, 0.25) is 0 Å². The summed E-state index contributed by atoms with van der Waals surface area (Å²) >= 11 is 3.57. The average Bonchev–Trinajstić information content (AvgIpc) is 3.03. The van der Waals surface area contributed by atoms with Crippen LogP contribution in [0.3, 0.4) is 0 Å². The van der Waals surface area contributed by atoms with Crippen LogP contribution in [-0.4, -0.2) is 54.2 Å². The van der Waals surface area contributed by atoms with E-state index in [1.165, 1.54) is 0 Å². The second-order valence-corrected chi connectivity index (χ2v) is 7.29. The van der Waals surface area contributed by atoms with Crippen LogP contribution in [0.1, 0.15) is 19.3 Å². The van der Waals surface area contributed by atoms with Crippen LogP contribution in [0.4, 0.5) is 10.5 Å². The molecular weight excluding hydrogens is 374 g/mol. The third-order valence-corrected chi connectivity index (χ3v) is 5.51. The van der Waals surface area contributed by atoms with E-state index in [0.29, 0.717) is 25.9 Å². The van der Waals surface area contributed by atoms with Crippen molar-refractivity contribution >= 4 is 33.6 Å². The molecule has 24 heavy (non-hydrogen) atoms. The first kappa shape index (κ1) is 17.1. The second-order valence-electron chi connectivity index (χ2n) is 6.43. The van der Waals surface area contributed by atoms with E-state index in [-0.39, 0.29) is 18.0 Å². The van der Waals surface area contributed by atoms with Crippen LogP contribution < -0.4 is 10.2 Å². The van der Waals surface area contributed by atoms with Crippen LogP contribution in [0.15, 0.2) is 28.7 Å². The lowest BCUT2D eigenvalue weighted by molar-refractivity contribution is -0.143. The van der Waals surface area contributed by atoms with Crippen LogP contribution in [0.25, 0.3) is 0 Å².